The van der Waals surface area contributed by atoms with Crippen molar-refractivity contribution in [2.75, 3.05) is 0 Å². The second-order valence-electron chi connectivity index (χ2n) is 7.30. The van der Waals surface area contributed by atoms with Crippen LogP contribution in [0.5, 0.6) is 5.75 Å². The van der Waals surface area contributed by atoms with E-state index in [1.165, 1.54) is 32.1 Å². The molecular weight excluding hydrogens is 336 g/mol. The molecule has 0 saturated carbocycles. The van der Waals surface area contributed by atoms with E-state index in [0.717, 1.165) is 44.9 Å². The van der Waals surface area contributed by atoms with Crippen LogP contribution in [0.2, 0.25) is 0 Å². The van der Waals surface area contributed by atoms with Crippen LogP contribution in [0.3, 0.4) is 0 Å². The van der Waals surface area contributed by atoms with Gasteiger partial charge in [0.2, 0.25) is 0 Å². The zero-order valence-electron chi connectivity index (χ0n) is 17.1. The number of unbranched alkanes of at least 4 members (excludes halogenated alkanes) is 8. The third kappa shape index (κ3) is 14.2. The summed E-state index contributed by atoms with van der Waals surface area (Å²) in [5.74, 6) is 0.484. The van der Waals surface area contributed by atoms with Crippen molar-refractivity contribution >= 4 is 5.97 Å². The Hall–Kier alpha value is -1.61. The largest absolute Gasteiger partial charge is 0.427 e. The molecule has 0 aliphatic rings. The van der Waals surface area contributed by atoms with Crippen molar-refractivity contribution in [3.63, 3.8) is 0 Å². The number of esters is 1. The summed E-state index contributed by atoms with van der Waals surface area (Å²) in [6.45, 7) is 2.21. The summed E-state index contributed by atoms with van der Waals surface area (Å²) in [5.41, 5.74) is 0. The summed E-state index contributed by atoms with van der Waals surface area (Å²) >= 11 is 0. The van der Waals surface area contributed by atoms with Crippen molar-refractivity contribution in [3.05, 3.63) is 42.5 Å². The summed E-state index contributed by atoms with van der Waals surface area (Å²) in [6, 6.07) is 9.24. The van der Waals surface area contributed by atoms with Gasteiger partial charge in [0.15, 0.2) is 0 Å². The molecule has 0 amide bonds. The Morgan fingerprint density at radius 2 is 1.67 bits per heavy atom. The molecule has 0 spiro atoms. The Kier molecular flexibility index (Phi) is 14.4. The number of para-hydroxylation sites is 1. The first-order valence-electron chi connectivity index (χ1n) is 10.8. The maximum absolute atomic E-state index is 11.7. The van der Waals surface area contributed by atoms with Gasteiger partial charge in [0.1, 0.15) is 5.75 Å². The third-order valence-corrected chi connectivity index (χ3v) is 4.69. The van der Waals surface area contributed by atoms with Crippen molar-refractivity contribution in [3.8, 4) is 5.75 Å². The highest BCUT2D eigenvalue weighted by Crippen LogP contribution is 2.13. The molecule has 1 aromatic rings. The lowest BCUT2D eigenvalue weighted by Gasteiger charge is -2.07. The molecule has 0 unspecified atom stereocenters. The van der Waals surface area contributed by atoms with Crippen molar-refractivity contribution in [2.45, 2.75) is 96.5 Å². The first kappa shape index (κ1) is 23.4. The van der Waals surface area contributed by atoms with E-state index in [1.807, 2.05) is 18.2 Å². The predicted octanol–water partition coefficient (Wildman–Crippen LogP) is 6.60. The van der Waals surface area contributed by atoms with Gasteiger partial charge in [-0.3, -0.25) is 4.79 Å². The van der Waals surface area contributed by atoms with Gasteiger partial charge in [0.25, 0.3) is 0 Å². The lowest BCUT2D eigenvalue weighted by Crippen LogP contribution is -2.07. The van der Waals surface area contributed by atoms with E-state index in [1.54, 1.807) is 12.1 Å². The fourth-order valence-corrected chi connectivity index (χ4v) is 3.03. The van der Waals surface area contributed by atoms with E-state index in [-0.39, 0.29) is 12.1 Å². The molecule has 0 fully saturated rings. The van der Waals surface area contributed by atoms with Gasteiger partial charge in [0.05, 0.1) is 6.10 Å². The number of allylic oxidation sites excluding steroid dienone is 1. The van der Waals surface area contributed by atoms with Gasteiger partial charge in [0, 0.05) is 6.42 Å². The van der Waals surface area contributed by atoms with Crippen LogP contribution < -0.4 is 4.74 Å². The number of aliphatic hydroxyl groups excluding tert-OH is 1. The number of aliphatic hydroxyl groups is 1. The zero-order valence-corrected chi connectivity index (χ0v) is 17.1. The van der Waals surface area contributed by atoms with E-state index >= 15 is 0 Å². The number of hydrogen-bond acceptors (Lipinski definition) is 3. The number of ether oxygens (including phenoxy) is 1. The number of rotatable bonds is 16. The average molecular weight is 375 g/mol. The van der Waals surface area contributed by atoms with Gasteiger partial charge < -0.3 is 9.84 Å². The third-order valence-electron chi connectivity index (χ3n) is 4.69. The Morgan fingerprint density at radius 1 is 0.963 bits per heavy atom. The number of hydrogen-bond donors (Lipinski definition) is 1. The molecule has 3 nitrogen and oxygen atoms in total. The Labute approximate surface area is 165 Å². The molecule has 0 bridgehead atoms. The van der Waals surface area contributed by atoms with E-state index in [9.17, 15) is 9.90 Å². The molecular formula is C24H38O3. The topological polar surface area (TPSA) is 46.5 Å². The quantitative estimate of drug-likeness (QED) is 0.153. The van der Waals surface area contributed by atoms with E-state index < -0.39 is 0 Å². The Morgan fingerprint density at radius 3 is 2.44 bits per heavy atom. The number of benzene rings is 1. The summed E-state index contributed by atoms with van der Waals surface area (Å²) in [7, 11) is 0. The smallest absolute Gasteiger partial charge is 0.311 e. The van der Waals surface area contributed by atoms with Gasteiger partial charge in [-0.05, 0) is 44.2 Å². The van der Waals surface area contributed by atoms with Crippen LogP contribution in [0.15, 0.2) is 42.5 Å². The monoisotopic (exact) mass is 374 g/mol. The molecule has 0 aliphatic heterocycles. The maximum Gasteiger partial charge on any atom is 0.311 e. The molecule has 1 N–H and O–H groups in total. The average Bonchev–Trinajstić information content (AvgIpc) is 2.67. The molecule has 1 atom stereocenters. The highest BCUT2D eigenvalue weighted by Gasteiger charge is 2.04. The van der Waals surface area contributed by atoms with Crippen molar-refractivity contribution in [1.29, 1.82) is 0 Å². The van der Waals surface area contributed by atoms with Crippen LogP contribution >= 0.6 is 0 Å². The normalized spacial score (nSPS) is 12.4. The molecule has 1 rings (SSSR count). The van der Waals surface area contributed by atoms with Gasteiger partial charge in [-0.2, -0.15) is 0 Å². The zero-order chi connectivity index (χ0) is 19.6. The summed E-state index contributed by atoms with van der Waals surface area (Å²) in [5, 5.41) is 9.90. The second-order valence-corrected chi connectivity index (χ2v) is 7.30. The van der Waals surface area contributed by atoms with Crippen molar-refractivity contribution in [1.82, 2.24) is 0 Å². The Balaban J connectivity index is 1.89. The van der Waals surface area contributed by atoms with Crippen molar-refractivity contribution in [2.24, 2.45) is 0 Å². The summed E-state index contributed by atoms with van der Waals surface area (Å²) < 4.78 is 5.27. The van der Waals surface area contributed by atoms with Crippen molar-refractivity contribution < 1.29 is 14.6 Å². The minimum absolute atomic E-state index is 0.141. The highest BCUT2D eigenvalue weighted by atomic mass is 16.5. The lowest BCUT2D eigenvalue weighted by atomic mass is 10.1. The second kappa shape index (κ2) is 16.6. The van der Waals surface area contributed by atoms with Gasteiger partial charge in [-0.15, -0.1) is 0 Å². The fourth-order valence-electron chi connectivity index (χ4n) is 3.03. The molecule has 27 heavy (non-hydrogen) atoms. The van der Waals surface area contributed by atoms with Crippen LogP contribution in [0, 0.1) is 0 Å². The standard InChI is InChI=1S/C24H38O3/c1-2-3-4-12-17-22(25)18-13-9-7-5-6-8-10-16-21-24(26)27-23-19-14-11-15-20-23/h9,11,13-15,19-20,22,25H,2-8,10,12,16-18,21H2,1H3/t22-/m1/s1. The van der Waals surface area contributed by atoms with Crippen LogP contribution in [-0.2, 0) is 4.79 Å². The summed E-state index contributed by atoms with van der Waals surface area (Å²) in [4.78, 5) is 11.7. The Bertz CT molecular complexity index is 496. The van der Waals surface area contributed by atoms with Gasteiger partial charge >= 0.3 is 5.97 Å². The lowest BCUT2D eigenvalue weighted by molar-refractivity contribution is -0.134. The van der Waals surface area contributed by atoms with Gasteiger partial charge in [-0.1, -0.05) is 82.2 Å². The molecule has 0 aliphatic carbocycles. The van der Waals surface area contributed by atoms with Crippen LogP contribution in [-0.4, -0.2) is 17.2 Å². The fraction of sp³-hybridized carbons (Fsp3) is 0.625. The highest BCUT2D eigenvalue weighted by molar-refractivity contribution is 5.72. The molecule has 0 heterocycles. The molecule has 0 saturated heterocycles. The van der Waals surface area contributed by atoms with E-state index in [4.69, 9.17) is 4.74 Å². The minimum atomic E-state index is -0.172. The minimum Gasteiger partial charge on any atom is -0.427 e. The maximum atomic E-state index is 11.7. The number of carbonyl (C=O) groups excluding carboxylic acids is 1. The summed E-state index contributed by atoms with van der Waals surface area (Å²) in [6.07, 6.45) is 17.8. The molecule has 1 aromatic carbocycles. The van der Waals surface area contributed by atoms with Gasteiger partial charge in [-0.25, -0.2) is 0 Å². The number of carbonyl (C=O) groups is 1. The van der Waals surface area contributed by atoms with Crippen LogP contribution in [0.4, 0.5) is 0 Å². The van der Waals surface area contributed by atoms with Crippen LogP contribution in [0.1, 0.15) is 90.4 Å². The first-order chi connectivity index (χ1) is 13.2. The van der Waals surface area contributed by atoms with E-state index in [2.05, 4.69) is 19.1 Å². The van der Waals surface area contributed by atoms with E-state index in [0.29, 0.717) is 12.2 Å². The molecule has 0 radical (unpaired) electrons. The molecule has 0 aromatic heterocycles. The molecule has 3 heteroatoms. The molecule has 152 valence electrons. The SMILES string of the molecule is CCCCCC[C@@H](O)CC=CCCCCCCCC(=O)Oc1ccccc1. The van der Waals surface area contributed by atoms with Crippen LogP contribution in [0.25, 0.3) is 0 Å². The predicted molar refractivity (Wildman–Crippen MR) is 113 cm³/mol. The first-order valence-corrected chi connectivity index (χ1v) is 10.8.